The first kappa shape index (κ1) is 13.9. The molecule has 1 amide bonds. The van der Waals surface area contributed by atoms with E-state index in [0.717, 1.165) is 6.07 Å². The lowest BCUT2D eigenvalue weighted by Crippen LogP contribution is -2.34. The van der Waals surface area contributed by atoms with E-state index in [1.165, 1.54) is 12.1 Å². The van der Waals surface area contributed by atoms with Crippen LogP contribution < -0.4 is 10.6 Å². The van der Waals surface area contributed by atoms with E-state index in [-0.39, 0.29) is 24.0 Å². The lowest BCUT2D eigenvalue weighted by Gasteiger charge is -2.12. The predicted molar refractivity (Wildman–Crippen MR) is 63.3 cm³/mol. The summed E-state index contributed by atoms with van der Waals surface area (Å²) in [5, 5.41) is 14.9. The lowest BCUT2D eigenvalue weighted by molar-refractivity contribution is -0.120. The van der Waals surface area contributed by atoms with Crippen LogP contribution in [0.3, 0.4) is 0 Å². The second-order valence-corrected chi connectivity index (χ2v) is 3.93. The summed E-state index contributed by atoms with van der Waals surface area (Å²) >= 11 is 5.52. The van der Waals surface area contributed by atoms with Crippen molar-refractivity contribution >= 4 is 17.5 Å². The summed E-state index contributed by atoms with van der Waals surface area (Å²) in [5.74, 6) is -0.828. The molecule has 0 heterocycles. The number of nitrogens with one attached hydrogen (secondary N) is 2. The van der Waals surface area contributed by atoms with Gasteiger partial charge in [-0.25, -0.2) is 4.39 Å². The molecule has 0 spiro atoms. The third kappa shape index (κ3) is 4.30. The van der Waals surface area contributed by atoms with Crippen molar-refractivity contribution in [1.82, 2.24) is 10.6 Å². The monoisotopic (exact) mass is 260 g/mol. The van der Waals surface area contributed by atoms with Crippen LogP contribution in [0, 0.1) is 5.82 Å². The van der Waals surface area contributed by atoms with Crippen molar-refractivity contribution < 1.29 is 14.3 Å². The third-order valence-corrected chi connectivity index (χ3v) is 2.46. The van der Waals surface area contributed by atoms with E-state index >= 15 is 0 Å². The van der Waals surface area contributed by atoms with Crippen molar-refractivity contribution in [2.45, 2.75) is 6.10 Å². The Labute approximate surface area is 104 Å². The van der Waals surface area contributed by atoms with Crippen LogP contribution in [0.25, 0.3) is 0 Å². The van der Waals surface area contributed by atoms with Gasteiger partial charge < -0.3 is 15.7 Å². The van der Waals surface area contributed by atoms with Crippen molar-refractivity contribution in [1.29, 1.82) is 0 Å². The number of aliphatic hydroxyl groups is 1. The SMILES string of the molecule is CNCC(=O)NCC(O)c1ccc(Cl)c(F)c1. The molecule has 0 aromatic heterocycles. The lowest BCUT2D eigenvalue weighted by atomic mass is 10.1. The first-order valence-electron chi connectivity index (χ1n) is 5.09. The molecule has 0 fully saturated rings. The van der Waals surface area contributed by atoms with Crippen molar-refractivity contribution in [3.63, 3.8) is 0 Å². The van der Waals surface area contributed by atoms with E-state index in [2.05, 4.69) is 10.6 Å². The Kier molecular flexibility index (Phi) is 5.34. The average molecular weight is 261 g/mol. The number of hydrogen-bond acceptors (Lipinski definition) is 3. The van der Waals surface area contributed by atoms with E-state index < -0.39 is 11.9 Å². The Bertz CT molecular complexity index is 401. The fourth-order valence-electron chi connectivity index (χ4n) is 1.27. The van der Waals surface area contributed by atoms with Crippen molar-refractivity contribution in [2.24, 2.45) is 0 Å². The fraction of sp³-hybridized carbons (Fsp3) is 0.364. The Morgan fingerprint density at radius 3 is 2.88 bits per heavy atom. The highest BCUT2D eigenvalue weighted by Crippen LogP contribution is 2.19. The molecular weight excluding hydrogens is 247 g/mol. The molecule has 0 bridgehead atoms. The summed E-state index contributed by atoms with van der Waals surface area (Å²) in [6.07, 6.45) is -0.956. The van der Waals surface area contributed by atoms with Crippen LogP contribution in [-0.4, -0.2) is 31.2 Å². The van der Waals surface area contributed by atoms with Crippen molar-refractivity contribution in [3.8, 4) is 0 Å². The van der Waals surface area contributed by atoms with Crippen LogP contribution in [0.15, 0.2) is 18.2 Å². The van der Waals surface area contributed by atoms with Gasteiger partial charge in [-0.2, -0.15) is 0 Å². The minimum atomic E-state index is -0.956. The van der Waals surface area contributed by atoms with E-state index in [4.69, 9.17) is 11.6 Å². The van der Waals surface area contributed by atoms with Crippen LogP contribution in [0.2, 0.25) is 5.02 Å². The van der Waals surface area contributed by atoms with Crippen LogP contribution in [0.5, 0.6) is 0 Å². The van der Waals surface area contributed by atoms with Gasteiger partial charge in [-0.15, -0.1) is 0 Å². The molecule has 0 aliphatic heterocycles. The molecule has 6 heteroatoms. The summed E-state index contributed by atoms with van der Waals surface area (Å²) < 4.78 is 13.1. The molecule has 4 nitrogen and oxygen atoms in total. The molecule has 0 saturated heterocycles. The fourth-order valence-corrected chi connectivity index (χ4v) is 1.39. The summed E-state index contributed by atoms with van der Waals surface area (Å²) in [6, 6.07) is 4.03. The predicted octanol–water partition coefficient (Wildman–Crippen LogP) is 0.848. The number of aliphatic hydroxyl groups excluding tert-OH is 1. The van der Waals surface area contributed by atoms with Gasteiger partial charge in [0, 0.05) is 6.54 Å². The first-order chi connectivity index (χ1) is 8.04. The van der Waals surface area contributed by atoms with Gasteiger partial charge in [0.15, 0.2) is 0 Å². The zero-order chi connectivity index (χ0) is 12.8. The molecule has 3 N–H and O–H groups in total. The summed E-state index contributed by atoms with van der Waals surface area (Å²) in [7, 11) is 1.64. The smallest absolute Gasteiger partial charge is 0.234 e. The van der Waals surface area contributed by atoms with Gasteiger partial charge in [-0.05, 0) is 24.7 Å². The Hall–Kier alpha value is -1.17. The molecule has 1 atom stereocenters. The van der Waals surface area contributed by atoms with Crippen LogP contribution in [-0.2, 0) is 4.79 Å². The van der Waals surface area contributed by atoms with Crippen molar-refractivity contribution in [2.75, 3.05) is 20.1 Å². The van der Waals surface area contributed by atoms with Crippen molar-refractivity contribution in [3.05, 3.63) is 34.6 Å². The highest BCUT2D eigenvalue weighted by atomic mass is 35.5. The maximum absolute atomic E-state index is 13.1. The van der Waals surface area contributed by atoms with Crippen LogP contribution in [0.4, 0.5) is 4.39 Å². The molecule has 1 aromatic carbocycles. The van der Waals surface area contributed by atoms with Gasteiger partial charge in [-0.3, -0.25) is 4.79 Å². The quantitative estimate of drug-likeness (QED) is 0.736. The van der Waals surface area contributed by atoms with E-state index in [9.17, 15) is 14.3 Å². The second kappa shape index (κ2) is 6.54. The van der Waals surface area contributed by atoms with Gasteiger partial charge in [0.05, 0.1) is 17.7 Å². The Morgan fingerprint density at radius 1 is 1.59 bits per heavy atom. The second-order valence-electron chi connectivity index (χ2n) is 3.52. The largest absolute Gasteiger partial charge is 0.387 e. The van der Waals surface area contributed by atoms with Gasteiger partial charge in [0.25, 0.3) is 0 Å². The molecule has 1 unspecified atom stereocenters. The number of benzene rings is 1. The van der Waals surface area contributed by atoms with Crippen LogP contribution in [0.1, 0.15) is 11.7 Å². The molecule has 94 valence electrons. The Morgan fingerprint density at radius 2 is 2.29 bits per heavy atom. The molecule has 0 radical (unpaired) electrons. The highest BCUT2D eigenvalue weighted by Gasteiger charge is 2.11. The Balaban J connectivity index is 2.54. The summed E-state index contributed by atoms with van der Waals surface area (Å²) in [4.78, 5) is 11.1. The molecule has 0 saturated carbocycles. The van der Waals surface area contributed by atoms with E-state index in [1.54, 1.807) is 7.05 Å². The third-order valence-electron chi connectivity index (χ3n) is 2.16. The van der Waals surface area contributed by atoms with Gasteiger partial charge in [0.2, 0.25) is 5.91 Å². The summed E-state index contributed by atoms with van der Waals surface area (Å²) in [5.41, 5.74) is 0.372. The number of amides is 1. The maximum Gasteiger partial charge on any atom is 0.234 e. The molecule has 0 aliphatic rings. The van der Waals surface area contributed by atoms with Gasteiger partial charge >= 0.3 is 0 Å². The van der Waals surface area contributed by atoms with E-state index in [1.807, 2.05) is 0 Å². The van der Waals surface area contributed by atoms with Crippen LogP contribution >= 0.6 is 11.6 Å². The minimum Gasteiger partial charge on any atom is -0.387 e. The standard InChI is InChI=1S/C11H14ClFN2O2/c1-14-6-11(17)15-5-10(16)7-2-3-8(12)9(13)4-7/h2-4,10,14,16H,5-6H2,1H3,(H,15,17). The zero-order valence-electron chi connectivity index (χ0n) is 9.34. The number of carbonyl (C=O) groups excluding carboxylic acids is 1. The number of rotatable bonds is 5. The molecular formula is C11H14ClFN2O2. The van der Waals surface area contributed by atoms with E-state index in [0.29, 0.717) is 5.56 Å². The normalized spacial score (nSPS) is 12.2. The topological polar surface area (TPSA) is 61.4 Å². The number of hydrogen-bond donors (Lipinski definition) is 3. The summed E-state index contributed by atoms with van der Waals surface area (Å²) in [6.45, 7) is 0.198. The zero-order valence-corrected chi connectivity index (χ0v) is 10.1. The number of carbonyl (C=O) groups is 1. The molecule has 1 aromatic rings. The highest BCUT2D eigenvalue weighted by molar-refractivity contribution is 6.30. The minimum absolute atomic E-state index is 0.000156. The van der Waals surface area contributed by atoms with Gasteiger partial charge in [0.1, 0.15) is 5.82 Å². The first-order valence-corrected chi connectivity index (χ1v) is 5.46. The maximum atomic E-state index is 13.1. The molecule has 17 heavy (non-hydrogen) atoms. The molecule has 1 rings (SSSR count). The average Bonchev–Trinajstić information content (AvgIpc) is 2.30. The molecule has 0 aliphatic carbocycles. The van der Waals surface area contributed by atoms with Gasteiger partial charge in [-0.1, -0.05) is 17.7 Å². The number of likely N-dealkylation sites (N-methyl/N-ethyl adjacent to an activating group) is 1. The number of halogens is 2.